The molecule has 0 aromatic carbocycles. The van der Waals surface area contributed by atoms with E-state index in [1.807, 2.05) is 0 Å². The van der Waals surface area contributed by atoms with Crippen LogP contribution in [0.4, 0.5) is 0 Å². The highest BCUT2D eigenvalue weighted by Crippen LogP contribution is 2.32. The van der Waals surface area contributed by atoms with Crippen LogP contribution in [-0.2, 0) is 4.79 Å². The second-order valence-electron chi connectivity index (χ2n) is 6.46. The number of rotatable bonds is 3. The van der Waals surface area contributed by atoms with Crippen molar-refractivity contribution < 1.29 is 4.79 Å². The molecule has 2 aliphatic rings. The van der Waals surface area contributed by atoms with Gasteiger partial charge in [-0.25, -0.2) is 0 Å². The molecule has 1 saturated heterocycles. The number of carbonyl (C=O) groups is 1. The third-order valence-electron chi connectivity index (χ3n) is 4.78. The minimum absolute atomic E-state index is 0.0387. The van der Waals surface area contributed by atoms with Gasteiger partial charge >= 0.3 is 0 Å². The Morgan fingerprint density at radius 2 is 1.84 bits per heavy atom. The zero-order chi connectivity index (χ0) is 14.0. The molecule has 1 aliphatic carbocycles. The van der Waals surface area contributed by atoms with Gasteiger partial charge in [0.05, 0.1) is 11.9 Å². The number of piperidine rings is 1. The highest BCUT2D eigenvalue weighted by molar-refractivity contribution is 6.30. The molecule has 4 heteroatoms. The summed E-state index contributed by atoms with van der Waals surface area (Å²) in [6, 6.07) is 0.531. The van der Waals surface area contributed by atoms with Crippen molar-refractivity contribution in [3.05, 3.63) is 0 Å². The molecule has 19 heavy (non-hydrogen) atoms. The van der Waals surface area contributed by atoms with E-state index in [-0.39, 0.29) is 16.7 Å². The first-order valence-corrected chi connectivity index (χ1v) is 8.39. The fourth-order valence-corrected chi connectivity index (χ4v) is 3.96. The predicted molar refractivity (Wildman–Crippen MR) is 81.1 cm³/mol. The van der Waals surface area contributed by atoms with E-state index in [9.17, 15) is 4.79 Å². The van der Waals surface area contributed by atoms with Crippen molar-refractivity contribution in [1.82, 2.24) is 4.90 Å². The number of likely N-dealkylation sites (tertiary alicyclic amines) is 1. The largest absolute Gasteiger partial charge is 0.298 e. The van der Waals surface area contributed by atoms with E-state index in [2.05, 4.69) is 18.7 Å². The summed E-state index contributed by atoms with van der Waals surface area (Å²) < 4.78 is 0. The maximum atomic E-state index is 12.4. The van der Waals surface area contributed by atoms with Gasteiger partial charge in [0, 0.05) is 17.3 Å². The van der Waals surface area contributed by atoms with Gasteiger partial charge in [-0.15, -0.1) is 23.2 Å². The smallest absolute Gasteiger partial charge is 0.149 e. The third-order valence-corrected chi connectivity index (χ3v) is 5.92. The van der Waals surface area contributed by atoms with Gasteiger partial charge in [-0.1, -0.05) is 6.92 Å². The van der Waals surface area contributed by atoms with Crippen LogP contribution in [0, 0.1) is 11.8 Å². The van der Waals surface area contributed by atoms with E-state index in [0.717, 1.165) is 31.7 Å². The fourth-order valence-electron chi connectivity index (χ4n) is 3.39. The first kappa shape index (κ1) is 15.6. The number of hydrogen-bond acceptors (Lipinski definition) is 2. The summed E-state index contributed by atoms with van der Waals surface area (Å²) in [4.78, 5) is 14.7. The van der Waals surface area contributed by atoms with Crippen molar-refractivity contribution >= 4 is 29.0 Å². The summed E-state index contributed by atoms with van der Waals surface area (Å²) >= 11 is 12.3. The van der Waals surface area contributed by atoms with Crippen molar-refractivity contribution in [3.8, 4) is 0 Å². The molecule has 0 aromatic rings. The molecule has 110 valence electrons. The lowest BCUT2D eigenvalue weighted by atomic mass is 9.84. The molecule has 2 fully saturated rings. The summed E-state index contributed by atoms with van der Waals surface area (Å²) in [5, 5.41) is 0.00337. The quantitative estimate of drug-likeness (QED) is 0.741. The Bertz CT molecular complexity index is 323. The summed E-state index contributed by atoms with van der Waals surface area (Å²) in [7, 11) is 0. The van der Waals surface area contributed by atoms with Crippen LogP contribution in [0.25, 0.3) is 0 Å². The van der Waals surface area contributed by atoms with E-state index in [1.165, 1.54) is 12.8 Å². The number of hydrogen-bond donors (Lipinski definition) is 0. The molecule has 0 aromatic heterocycles. The fraction of sp³-hybridized carbons (Fsp3) is 0.933. The SMILES string of the molecule is CC1CCN(CC(=O)C2CCC(Cl)C(Cl)C2)C(C)C1. The Hall–Kier alpha value is 0.210. The van der Waals surface area contributed by atoms with Crippen LogP contribution >= 0.6 is 23.2 Å². The van der Waals surface area contributed by atoms with Gasteiger partial charge in [0.2, 0.25) is 0 Å². The lowest BCUT2D eigenvalue weighted by molar-refractivity contribution is -0.125. The van der Waals surface area contributed by atoms with Gasteiger partial charge in [0.25, 0.3) is 0 Å². The Morgan fingerprint density at radius 3 is 2.47 bits per heavy atom. The molecule has 5 unspecified atom stereocenters. The molecule has 1 heterocycles. The van der Waals surface area contributed by atoms with Crippen molar-refractivity contribution in [2.24, 2.45) is 11.8 Å². The highest BCUT2D eigenvalue weighted by Gasteiger charge is 2.33. The van der Waals surface area contributed by atoms with Crippen LogP contribution in [0.5, 0.6) is 0 Å². The number of carbonyl (C=O) groups excluding carboxylic acids is 1. The number of ketones is 1. The lowest BCUT2D eigenvalue weighted by Crippen LogP contribution is -2.45. The number of halogens is 2. The first-order chi connectivity index (χ1) is 8.97. The molecular weight excluding hydrogens is 281 g/mol. The van der Waals surface area contributed by atoms with Crippen LogP contribution in [0.1, 0.15) is 46.0 Å². The minimum Gasteiger partial charge on any atom is -0.298 e. The molecule has 1 aliphatic heterocycles. The van der Waals surface area contributed by atoms with Gasteiger partial charge in [0.1, 0.15) is 5.78 Å². The standard InChI is InChI=1S/C15H25Cl2NO/c1-10-5-6-18(11(2)7-10)9-15(19)12-3-4-13(16)14(17)8-12/h10-14H,3-9H2,1-2H3. The Kier molecular flexibility index (Phi) is 5.56. The van der Waals surface area contributed by atoms with Crippen molar-refractivity contribution in [1.29, 1.82) is 0 Å². The highest BCUT2D eigenvalue weighted by atomic mass is 35.5. The van der Waals surface area contributed by atoms with Gasteiger partial charge in [-0.05, 0) is 51.5 Å². The van der Waals surface area contributed by atoms with Crippen LogP contribution in [0.2, 0.25) is 0 Å². The average molecular weight is 306 g/mol. The van der Waals surface area contributed by atoms with E-state index < -0.39 is 0 Å². The normalized spacial score (nSPS) is 41.2. The van der Waals surface area contributed by atoms with Crippen molar-refractivity contribution in [2.75, 3.05) is 13.1 Å². The Balaban J connectivity index is 1.84. The Morgan fingerprint density at radius 1 is 1.11 bits per heavy atom. The van der Waals surface area contributed by atoms with Gasteiger partial charge in [0.15, 0.2) is 0 Å². The van der Waals surface area contributed by atoms with Crippen LogP contribution in [0.15, 0.2) is 0 Å². The van der Waals surface area contributed by atoms with Crippen LogP contribution in [-0.4, -0.2) is 40.6 Å². The molecule has 0 spiro atoms. The topological polar surface area (TPSA) is 20.3 Å². The maximum Gasteiger partial charge on any atom is 0.149 e. The zero-order valence-electron chi connectivity index (χ0n) is 11.9. The van der Waals surface area contributed by atoms with Gasteiger partial charge in [-0.3, -0.25) is 9.69 Å². The number of alkyl halides is 2. The molecule has 0 radical (unpaired) electrons. The molecule has 2 rings (SSSR count). The minimum atomic E-state index is -0.0387. The van der Waals surface area contributed by atoms with Gasteiger partial charge in [-0.2, -0.15) is 0 Å². The van der Waals surface area contributed by atoms with Crippen LogP contribution < -0.4 is 0 Å². The summed E-state index contributed by atoms with van der Waals surface area (Å²) in [5.41, 5.74) is 0. The zero-order valence-corrected chi connectivity index (χ0v) is 13.5. The summed E-state index contributed by atoms with van der Waals surface area (Å²) in [5.74, 6) is 1.29. The van der Waals surface area contributed by atoms with Gasteiger partial charge < -0.3 is 0 Å². The van der Waals surface area contributed by atoms with Crippen molar-refractivity contribution in [2.45, 2.75) is 62.7 Å². The predicted octanol–water partition coefficient (Wildman–Crippen LogP) is 3.69. The summed E-state index contributed by atoms with van der Waals surface area (Å²) in [6.07, 6.45) is 4.96. The molecule has 0 amide bonds. The van der Waals surface area contributed by atoms with E-state index in [1.54, 1.807) is 0 Å². The number of Topliss-reactive ketones (excluding diaryl/α,β-unsaturated/α-hetero) is 1. The molecule has 5 atom stereocenters. The molecule has 1 saturated carbocycles. The first-order valence-electron chi connectivity index (χ1n) is 7.52. The lowest BCUT2D eigenvalue weighted by Gasteiger charge is -2.37. The second-order valence-corrected chi connectivity index (χ2v) is 7.58. The molecular formula is C15H25Cl2NO. The second kappa shape index (κ2) is 6.78. The summed E-state index contributed by atoms with van der Waals surface area (Å²) in [6.45, 7) is 6.21. The Labute approximate surface area is 126 Å². The monoisotopic (exact) mass is 305 g/mol. The number of nitrogens with zero attached hydrogens (tertiary/aromatic N) is 1. The average Bonchev–Trinajstić information content (AvgIpc) is 2.36. The van der Waals surface area contributed by atoms with Crippen LogP contribution in [0.3, 0.4) is 0 Å². The maximum absolute atomic E-state index is 12.4. The van der Waals surface area contributed by atoms with E-state index >= 15 is 0 Å². The third kappa shape index (κ3) is 4.09. The van der Waals surface area contributed by atoms with Crippen molar-refractivity contribution in [3.63, 3.8) is 0 Å². The van der Waals surface area contributed by atoms with E-state index in [4.69, 9.17) is 23.2 Å². The molecule has 0 bridgehead atoms. The molecule has 0 N–H and O–H groups in total. The molecule has 2 nitrogen and oxygen atoms in total. The van der Waals surface area contributed by atoms with E-state index in [0.29, 0.717) is 18.4 Å².